The lowest BCUT2D eigenvalue weighted by atomic mass is 10.1. The topological polar surface area (TPSA) is 92.7 Å². The molecule has 0 atom stereocenters. The molecule has 2 N–H and O–H groups in total. The maximum absolute atomic E-state index is 13.2. The second-order valence-electron chi connectivity index (χ2n) is 6.93. The standard InChI is InChI=1S/C21H15ClF3N5O2S/c1-11-14(22)6-4-8-16(11)30-19(32)12-9-26-29-18(12)28-20(30)33-10-17(31)27-15-7-3-2-5-13(15)21(23,24)25/h2-9H,10H2,1H3,(H,26,29)(H,27,31). The number of carbonyl (C=O) groups is 1. The number of amides is 1. The third-order valence-corrected chi connectivity index (χ3v) is 6.12. The van der Waals surface area contributed by atoms with Crippen LogP contribution in [0.1, 0.15) is 11.1 Å². The molecule has 170 valence electrons. The summed E-state index contributed by atoms with van der Waals surface area (Å²) in [7, 11) is 0. The van der Waals surface area contributed by atoms with E-state index in [0.717, 1.165) is 17.8 Å². The van der Waals surface area contributed by atoms with Crippen LogP contribution in [0.3, 0.4) is 0 Å². The van der Waals surface area contributed by atoms with Gasteiger partial charge in [0.2, 0.25) is 5.91 Å². The van der Waals surface area contributed by atoms with E-state index in [0.29, 0.717) is 16.3 Å². The highest BCUT2D eigenvalue weighted by molar-refractivity contribution is 7.99. The van der Waals surface area contributed by atoms with Crippen LogP contribution in [-0.4, -0.2) is 31.4 Å². The lowest BCUT2D eigenvalue weighted by Crippen LogP contribution is -2.23. The van der Waals surface area contributed by atoms with Crippen LogP contribution < -0.4 is 10.9 Å². The summed E-state index contributed by atoms with van der Waals surface area (Å²) >= 11 is 7.12. The molecule has 12 heteroatoms. The first kappa shape index (κ1) is 22.9. The Morgan fingerprint density at radius 1 is 1.21 bits per heavy atom. The summed E-state index contributed by atoms with van der Waals surface area (Å²) in [5.41, 5.74) is -0.419. The van der Waals surface area contributed by atoms with E-state index in [1.165, 1.54) is 29.0 Å². The normalized spacial score (nSPS) is 11.7. The molecule has 0 aliphatic heterocycles. The zero-order valence-electron chi connectivity index (χ0n) is 16.9. The Morgan fingerprint density at radius 2 is 1.97 bits per heavy atom. The van der Waals surface area contributed by atoms with Gasteiger partial charge in [0.05, 0.1) is 28.9 Å². The summed E-state index contributed by atoms with van der Waals surface area (Å²) in [6.45, 7) is 1.74. The highest BCUT2D eigenvalue weighted by Crippen LogP contribution is 2.34. The van der Waals surface area contributed by atoms with Gasteiger partial charge in [0.15, 0.2) is 10.8 Å². The lowest BCUT2D eigenvalue weighted by molar-refractivity contribution is -0.137. The van der Waals surface area contributed by atoms with Crippen molar-refractivity contribution in [1.82, 2.24) is 19.7 Å². The number of nitrogens with zero attached hydrogens (tertiary/aromatic N) is 3. The van der Waals surface area contributed by atoms with Crippen LogP contribution in [-0.2, 0) is 11.0 Å². The van der Waals surface area contributed by atoms with Crippen LogP contribution in [0.25, 0.3) is 16.7 Å². The molecule has 0 unspecified atom stereocenters. The summed E-state index contributed by atoms with van der Waals surface area (Å²) in [4.78, 5) is 30.0. The highest BCUT2D eigenvalue weighted by atomic mass is 35.5. The molecule has 0 fully saturated rings. The molecule has 0 saturated carbocycles. The third kappa shape index (κ3) is 4.60. The van der Waals surface area contributed by atoms with Gasteiger partial charge >= 0.3 is 6.18 Å². The van der Waals surface area contributed by atoms with Gasteiger partial charge in [-0.1, -0.05) is 41.6 Å². The number of aromatic nitrogens is 4. The second-order valence-corrected chi connectivity index (χ2v) is 8.28. The van der Waals surface area contributed by atoms with Gasteiger partial charge in [-0.25, -0.2) is 4.98 Å². The Hall–Kier alpha value is -3.31. The molecule has 2 aromatic carbocycles. The van der Waals surface area contributed by atoms with Crippen LogP contribution in [0.5, 0.6) is 0 Å². The number of benzene rings is 2. The molecule has 0 aliphatic rings. The summed E-state index contributed by atoms with van der Waals surface area (Å²) in [6.07, 6.45) is -3.27. The van der Waals surface area contributed by atoms with Crippen molar-refractivity contribution >= 4 is 46.0 Å². The number of alkyl halides is 3. The summed E-state index contributed by atoms with van der Waals surface area (Å²) in [6, 6.07) is 9.72. The number of fused-ring (bicyclic) bond motifs is 1. The molecule has 2 heterocycles. The molecule has 33 heavy (non-hydrogen) atoms. The number of rotatable bonds is 5. The maximum Gasteiger partial charge on any atom is 0.418 e. The average molecular weight is 494 g/mol. The van der Waals surface area contributed by atoms with Crippen molar-refractivity contribution in [3.05, 3.63) is 75.2 Å². The first-order chi connectivity index (χ1) is 15.7. The zero-order chi connectivity index (χ0) is 23.8. The average Bonchev–Trinajstić information content (AvgIpc) is 3.23. The summed E-state index contributed by atoms with van der Waals surface area (Å²) in [5.74, 6) is -0.984. The van der Waals surface area contributed by atoms with Crippen molar-refractivity contribution in [2.75, 3.05) is 11.1 Å². The SMILES string of the molecule is Cc1c(Cl)cccc1-n1c(SCC(=O)Nc2ccccc2C(F)(F)F)nc2[nH]ncc2c1=O. The van der Waals surface area contributed by atoms with Crippen molar-refractivity contribution < 1.29 is 18.0 Å². The lowest BCUT2D eigenvalue weighted by Gasteiger charge is -2.15. The molecule has 4 aromatic rings. The minimum absolute atomic E-state index is 0.154. The zero-order valence-corrected chi connectivity index (χ0v) is 18.5. The van der Waals surface area contributed by atoms with Gasteiger partial charge in [-0.2, -0.15) is 18.3 Å². The van der Waals surface area contributed by atoms with Crippen LogP contribution in [0.4, 0.5) is 18.9 Å². The van der Waals surface area contributed by atoms with Gasteiger partial charge in [-0.3, -0.25) is 19.3 Å². The number of halogens is 4. The number of carbonyl (C=O) groups excluding carboxylic acids is 1. The Morgan fingerprint density at radius 3 is 2.73 bits per heavy atom. The first-order valence-electron chi connectivity index (χ1n) is 9.47. The highest BCUT2D eigenvalue weighted by Gasteiger charge is 2.33. The van der Waals surface area contributed by atoms with Crippen LogP contribution in [0.2, 0.25) is 5.02 Å². The Balaban J connectivity index is 1.67. The number of thioether (sulfide) groups is 1. The van der Waals surface area contributed by atoms with Crippen molar-refractivity contribution in [2.45, 2.75) is 18.3 Å². The molecular weight excluding hydrogens is 479 g/mol. The fourth-order valence-electron chi connectivity index (χ4n) is 3.18. The van der Waals surface area contributed by atoms with Crippen molar-refractivity contribution in [3.63, 3.8) is 0 Å². The van der Waals surface area contributed by atoms with E-state index in [1.807, 2.05) is 0 Å². The van der Waals surface area contributed by atoms with Crippen molar-refractivity contribution in [2.24, 2.45) is 0 Å². The van der Waals surface area contributed by atoms with Gasteiger partial charge < -0.3 is 5.32 Å². The van der Waals surface area contributed by atoms with E-state index in [-0.39, 0.29) is 27.6 Å². The van der Waals surface area contributed by atoms with Crippen molar-refractivity contribution in [3.8, 4) is 5.69 Å². The summed E-state index contributed by atoms with van der Waals surface area (Å²) in [5, 5.41) is 9.56. The third-order valence-electron chi connectivity index (χ3n) is 4.77. The fraction of sp³-hybridized carbons (Fsp3) is 0.143. The maximum atomic E-state index is 13.2. The van der Waals surface area contributed by atoms with E-state index in [9.17, 15) is 22.8 Å². The minimum Gasteiger partial charge on any atom is -0.325 e. The quantitative estimate of drug-likeness (QED) is 0.307. The molecule has 4 rings (SSSR count). The largest absolute Gasteiger partial charge is 0.418 e. The number of nitrogens with one attached hydrogen (secondary N) is 2. The van der Waals surface area contributed by atoms with Gasteiger partial charge in [-0.05, 0) is 36.8 Å². The predicted octanol–water partition coefficient (Wildman–Crippen LogP) is 4.82. The van der Waals surface area contributed by atoms with E-state index in [2.05, 4.69) is 20.5 Å². The van der Waals surface area contributed by atoms with E-state index >= 15 is 0 Å². The Bertz CT molecular complexity index is 1420. The minimum atomic E-state index is -4.62. The fourth-order valence-corrected chi connectivity index (χ4v) is 4.15. The molecule has 7 nitrogen and oxygen atoms in total. The Kier molecular flexibility index (Phi) is 6.17. The number of H-pyrrole nitrogens is 1. The molecular formula is C21H15ClF3N5O2S. The summed E-state index contributed by atoms with van der Waals surface area (Å²) < 4.78 is 40.9. The number of hydrogen-bond donors (Lipinski definition) is 2. The number of anilines is 1. The smallest absolute Gasteiger partial charge is 0.325 e. The van der Waals surface area contributed by atoms with Crippen LogP contribution in [0.15, 0.2) is 58.6 Å². The first-order valence-corrected chi connectivity index (χ1v) is 10.8. The number of para-hydroxylation sites is 1. The monoisotopic (exact) mass is 493 g/mol. The van der Waals surface area contributed by atoms with Gasteiger partial charge in [0.25, 0.3) is 5.56 Å². The van der Waals surface area contributed by atoms with Gasteiger partial charge in [0, 0.05) is 5.02 Å². The molecule has 0 spiro atoms. The van der Waals surface area contributed by atoms with Crippen LogP contribution in [0, 0.1) is 6.92 Å². The van der Waals surface area contributed by atoms with Gasteiger partial charge in [-0.15, -0.1) is 0 Å². The molecule has 0 aliphatic carbocycles. The molecule has 0 radical (unpaired) electrons. The molecule has 0 bridgehead atoms. The molecule has 1 amide bonds. The molecule has 0 saturated heterocycles. The van der Waals surface area contributed by atoms with Crippen LogP contribution >= 0.6 is 23.4 Å². The van der Waals surface area contributed by atoms with E-state index < -0.39 is 23.2 Å². The van der Waals surface area contributed by atoms with E-state index in [4.69, 9.17) is 11.6 Å². The Labute approximate surface area is 194 Å². The van der Waals surface area contributed by atoms with E-state index in [1.54, 1.807) is 25.1 Å². The van der Waals surface area contributed by atoms with Crippen molar-refractivity contribution in [1.29, 1.82) is 0 Å². The molecule has 2 aromatic heterocycles. The predicted molar refractivity (Wildman–Crippen MR) is 120 cm³/mol. The second kappa shape index (κ2) is 8.91. The number of aromatic amines is 1. The number of hydrogen-bond acceptors (Lipinski definition) is 5. The van der Waals surface area contributed by atoms with Gasteiger partial charge in [0.1, 0.15) is 5.39 Å².